The molecule has 0 unspecified atom stereocenters. The Bertz CT molecular complexity index is 1000. The molecule has 6 nitrogen and oxygen atoms in total. The molecule has 1 N–H and O–H groups in total. The maximum atomic E-state index is 12.9. The molecule has 28 heavy (non-hydrogen) atoms. The Kier molecular flexibility index (Phi) is 6.07. The topological polar surface area (TPSA) is 75.7 Å². The van der Waals surface area contributed by atoms with E-state index in [2.05, 4.69) is 21.2 Å². The lowest BCUT2D eigenvalue weighted by Crippen LogP contribution is -2.54. The van der Waals surface area contributed by atoms with Crippen LogP contribution in [0.4, 0.5) is 10.5 Å². The minimum absolute atomic E-state index is 0.226. The van der Waals surface area contributed by atoms with Crippen LogP contribution in [0, 0.1) is 0 Å². The van der Waals surface area contributed by atoms with Crippen molar-refractivity contribution < 1.29 is 19.1 Å². The molecule has 1 heterocycles. The van der Waals surface area contributed by atoms with Crippen molar-refractivity contribution in [2.75, 3.05) is 11.5 Å². The Hall–Kier alpha value is -2.35. The quantitative estimate of drug-likeness (QED) is 0.499. The van der Waals surface area contributed by atoms with Crippen LogP contribution < -0.4 is 15.0 Å². The van der Waals surface area contributed by atoms with E-state index in [1.54, 1.807) is 31.2 Å². The minimum atomic E-state index is -0.826. The first kappa shape index (κ1) is 20.4. The van der Waals surface area contributed by atoms with E-state index >= 15 is 0 Å². The van der Waals surface area contributed by atoms with Gasteiger partial charge in [-0.3, -0.25) is 14.9 Å². The summed E-state index contributed by atoms with van der Waals surface area (Å²) in [5, 5.41) is 2.64. The summed E-state index contributed by atoms with van der Waals surface area (Å²) in [6.45, 7) is 2.17. The van der Waals surface area contributed by atoms with Gasteiger partial charge in [0, 0.05) is 4.47 Å². The maximum Gasteiger partial charge on any atom is 0.335 e. The normalized spacial score (nSPS) is 15.8. The average molecular weight is 484 g/mol. The number of hydrogen-bond donors (Lipinski definition) is 1. The molecule has 1 saturated heterocycles. The minimum Gasteiger partial charge on any atom is -0.491 e. The Morgan fingerprint density at radius 3 is 2.43 bits per heavy atom. The van der Waals surface area contributed by atoms with Crippen LogP contribution in [0.3, 0.4) is 0 Å². The monoisotopic (exact) mass is 482 g/mol. The first-order valence-electron chi connectivity index (χ1n) is 8.10. The van der Waals surface area contributed by atoms with Gasteiger partial charge in [-0.25, -0.2) is 9.69 Å². The molecule has 0 spiro atoms. The van der Waals surface area contributed by atoms with Crippen LogP contribution in [0.1, 0.15) is 12.5 Å². The molecule has 1 aliphatic rings. The van der Waals surface area contributed by atoms with Crippen molar-refractivity contribution in [1.29, 1.82) is 0 Å². The number of hydrogen-bond acceptors (Lipinski definition) is 4. The molecule has 0 atom stereocenters. The molecule has 9 heteroatoms. The van der Waals surface area contributed by atoms with Crippen molar-refractivity contribution >= 4 is 68.7 Å². The summed E-state index contributed by atoms with van der Waals surface area (Å²) in [6.07, 6.45) is 1.32. The lowest BCUT2D eigenvalue weighted by molar-refractivity contribution is -0.122. The lowest BCUT2D eigenvalue weighted by Gasteiger charge is -2.26. The van der Waals surface area contributed by atoms with Gasteiger partial charge in [0.05, 0.1) is 22.3 Å². The van der Waals surface area contributed by atoms with Gasteiger partial charge < -0.3 is 4.74 Å². The average Bonchev–Trinajstić information content (AvgIpc) is 2.61. The Morgan fingerprint density at radius 2 is 1.82 bits per heavy atom. The lowest BCUT2D eigenvalue weighted by atomic mass is 10.1. The largest absolute Gasteiger partial charge is 0.491 e. The van der Waals surface area contributed by atoms with Crippen molar-refractivity contribution in [3.05, 3.63) is 62.1 Å². The molecule has 2 aromatic rings. The number of carbonyl (C=O) groups is 3. The van der Waals surface area contributed by atoms with Crippen LogP contribution in [-0.2, 0) is 9.59 Å². The molecular formula is C19H13BrCl2N2O4. The van der Waals surface area contributed by atoms with Crippen molar-refractivity contribution in [2.45, 2.75) is 6.92 Å². The standard InChI is InChI=1S/C19H13BrCl2N2O4/c1-2-28-16-14(21)7-10(8-15(16)22)6-13-17(25)23-19(27)24(18(13)26)12-5-3-4-11(20)9-12/h3-9H,2H2,1H3,(H,23,25,27)/b13-6-. The number of carbonyl (C=O) groups excluding carboxylic acids is 3. The summed E-state index contributed by atoms with van der Waals surface area (Å²) in [5.41, 5.74) is 0.509. The molecule has 3 rings (SSSR count). The number of ether oxygens (including phenoxy) is 1. The highest BCUT2D eigenvalue weighted by atomic mass is 79.9. The SMILES string of the molecule is CCOc1c(Cl)cc(/C=C2/C(=O)NC(=O)N(c3cccc(Br)c3)C2=O)cc1Cl. The van der Waals surface area contributed by atoms with Gasteiger partial charge in [-0.1, -0.05) is 45.2 Å². The number of imide groups is 2. The molecule has 0 bridgehead atoms. The molecule has 1 aliphatic heterocycles. The van der Waals surface area contributed by atoms with Crippen LogP contribution in [0.25, 0.3) is 6.08 Å². The number of nitrogens with one attached hydrogen (secondary N) is 1. The van der Waals surface area contributed by atoms with Gasteiger partial charge in [0.15, 0.2) is 5.75 Å². The molecule has 0 radical (unpaired) electrons. The number of halogens is 3. The molecule has 0 aliphatic carbocycles. The Morgan fingerprint density at radius 1 is 1.14 bits per heavy atom. The number of anilines is 1. The highest BCUT2D eigenvalue weighted by Crippen LogP contribution is 2.35. The third kappa shape index (κ3) is 4.06. The summed E-state index contributed by atoms with van der Waals surface area (Å²) >= 11 is 15.6. The molecule has 1 fully saturated rings. The zero-order valence-electron chi connectivity index (χ0n) is 14.5. The number of nitrogens with zero attached hydrogens (tertiary/aromatic N) is 1. The summed E-state index contributed by atoms with van der Waals surface area (Å²) in [6, 6.07) is 8.81. The second kappa shape index (κ2) is 8.34. The van der Waals surface area contributed by atoms with Gasteiger partial charge in [0.2, 0.25) is 0 Å². The van der Waals surface area contributed by atoms with E-state index in [1.807, 2.05) is 0 Å². The number of rotatable bonds is 4. The van der Waals surface area contributed by atoms with Gasteiger partial charge in [0.25, 0.3) is 11.8 Å². The van der Waals surface area contributed by atoms with E-state index in [1.165, 1.54) is 18.2 Å². The second-order valence-corrected chi connectivity index (χ2v) is 7.41. The molecule has 0 aromatic heterocycles. The third-order valence-corrected chi connectivity index (χ3v) is 4.84. The fourth-order valence-electron chi connectivity index (χ4n) is 2.62. The van der Waals surface area contributed by atoms with Gasteiger partial charge in [-0.05, 0) is 48.9 Å². The van der Waals surface area contributed by atoms with E-state index in [-0.39, 0.29) is 15.6 Å². The predicted octanol–water partition coefficient (Wildman–Crippen LogP) is 4.82. The van der Waals surface area contributed by atoms with Crippen molar-refractivity contribution in [3.63, 3.8) is 0 Å². The zero-order valence-corrected chi connectivity index (χ0v) is 17.6. The Labute approximate surface area is 179 Å². The third-order valence-electron chi connectivity index (χ3n) is 3.79. The van der Waals surface area contributed by atoms with E-state index in [4.69, 9.17) is 27.9 Å². The number of barbiturate groups is 1. The van der Waals surface area contributed by atoms with Crippen LogP contribution in [0.2, 0.25) is 10.0 Å². The summed E-state index contributed by atoms with van der Waals surface area (Å²) in [4.78, 5) is 38.2. The zero-order chi connectivity index (χ0) is 20.4. The fraction of sp³-hybridized carbons (Fsp3) is 0.105. The number of benzene rings is 2. The fourth-order valence-corrected chi connectivity index (χ4v) is 3.62. The predicted molar refractivity (Wildman–Crippen MR) is 111 cm³/mol. The van der Waals surface area contributed by atoms with Gasteiger partial charge in [-0.15, -0.1) is 0 Å². The molecule has 2 aromatic carbocycles. The molecule has 144 valence electrons. The van der Waals surface area contributed by atoms with E-state index in [0.29, 0.717) is 28.1 Å². The first-order valence-corrected chi connectivity index (χ1v) is 9.65. The summed E-state index contributed by atoms with van der Waals surface area (Å²) in [5.74, 6) is -1.24. The number of urea groups is 1. The van der Waals surface area contributed by atoms with E-state index < -0.39 is 17.8 Å². The molecule has 0 saturated carbocycles. The summed E-state index contributed by atoms with van der Waals surface area (Å²) in [7, 11) is 0. The molecule has 4 amide bonds. The van der Waals surface area contributed by atoms with Gasteiger partial charge in [0.1, 0.15) is 5.57 Å². The Balaban J connectivity index is 2.02. The smallest absolute Gasteiger partial charge is 0.335 e. The van der Waals surface area contributed by atoms with Crippen LogP contribution in [0.5, 0.6) is 5.75 Å². The summed E-state index contributed by atoms with van der Waals surface area (Å²) < 4.78 is 6.05. The van der Waals surface area contributed by atoms with Crippen molar-refractivity contribution in [1.82, 2.24) is 5.32 Å². The van der Waals surface area contributed by atoms with E-state index in [0.717, 1.165) is 4.90 Å². The highest BCUT2D eigenvalue weighted by Gasteiger charge is 2.36. The second-order valence-electron chi connectivity index (χ2n) is 5.68. The maximum absolute atomic E-state index is 12.9. The van der Waals surface area contributed by atoms with Gasteiger partial charge in [-0.2, -0.15) is 0 Å². The van der Waals surface area contributed by atoms with Crippen molar-refractivity contribution in [3.8, 4) is 5.75 Å². The first-order chi connectivity index (χ1) is 13.3. The van der Waals surface area contributed by atoms with E-state index in [9.17, 15) is 14.4 Å². The van der Waals surface area contributed by atoms with Crippen LogP contribution in [-0.4, -0.2) is 24.5 Å². The molecular weight excluding hydrogens is 471 g/mol. The van der Waals surface area contributed by atoms with Gasteiger partial charge >= 0.3 is 6.03 Å². The number of amides is 4. The highest BCUT2D eigenvalue weighted by molar-refractivity contribution is 9.10. The van der Waals surface area contributed by atoms with Crippen molar-refractivity contribution in [2.24, 2.45) is 0 Å². The van der Waals surface area contributed by atoms with Crippen LogP contribution >= 0.6 is 39.1 Å². The van der Waals surface area contributed by atoms with Crippen LogP contribution in [0.15, 0.2) is 46.4 Å².